The van der Waals surface area contributed by atoms with E-state index in [4.69, 9.17) is 18.0 Å². The smallest absolute Gasteiger partial charge is 0.137 e. The summed E-state index contributed by atoms with van der Waals surface area (Å²) in [4.78, 5) is 4.98. The Morgan fingerprint density at radius 2 is 1.86 bits per heavy atom. The Kier molecular flexibility index (Phi) is 4.52. The van der Waals surface area contributed by atoms with E-state index >= 15 is 0 Å². The van der Waals surface area contributed by atoms with Gasteiger partial charge in [0.15, 0.2) is 0 Å². The van der Waals surface area contributed by atoms with E-state index in [1.807, 2.05) is 12.1 Å². The molecule has 0 amide bonds. The molecule has 0 bridgehead atoms. The van der Waals surface area contributed by atoms with Gasteiger partial charge in [0.25, 0.3) is 0 Å². The Morgan fingerprint density at radius 1 is 1.19 bits per heavy atom. The van der Waals surface area contributed by atoms with Crippen LogP contribution in [0.25, 0.3) is 0 Å². The van der Waals surface area contributed by atoms with Crippen molar-refractivity contribution in [2.75, 3.05) is 32.7 Å². The van der Waals surface area contributed by atoms with E-state index < -0.39 is 0 Å². The van der Waals surface area contributed by atoms with E-state index in [0.29, 0.717) is 17.7 Å². The number of hydrogen-bond acceptors (Lipinski definition) is 3. The summed E-state index contributed by atoms with van der Waals surface area (Å²) in [7, 11) is 0. The molecule has 3 rings (SSSR count). The molecule has 5 heteroatoms. The van der Waals surface area contributed by atoms with E-state index in [1.165, 1.54) is 19.4 Å². The third-order valence-electron chi connectivity index (χ3n) is 4.42. The summed E-state index contributed by atoms with van der Waals surface area (Å²) in [6.07, 6.45) is 2.80. The van der Waals surface area contributed by atoms with Gasteiger partial charge in [-0.05, 0) is 24.8 Å². The second-order valence-corrected chi connectivity index (χ2v) is 6.60. The fourth-order valence-electron chi connectivity index (χ4n) is 2.93. The van der Waals surface area contributed by atoms with Crippen LogP contribution in [-0.2, 0) is 6.54 Å². The zero-order chi connectivity index (χ0) is 14.8. The molecule has 1 heterocycles. The summed E-state index contributed by atoms with van der Waals surface area (Å²) < 4.78 is 14.3. The largest absolute Gasteiger partial charge is 0.389 e. The van der Waals surface area contributed by atoms with Gasteiger partial charge in [-0.25, -0.2) is 4.39 Å². The standard InChI is InChI=1S/C16H22FN3S/c17-15-13(2-1-3-14(15)16(18)21)11-20-8-6-19(7-9-20)10-12-4-5-12/h1-3,12H,4-11H2,(H2,18,21). The molecule has 1 saturated heterocycles. The van der Waals surface area contributed by atoms with Crippen LogP contribution in [0.4, 0.5) is 4.39 Å². The third-order valence-corrected chi connectivity index (χ3v) is 4.64. The van der Waals surface area contributed by atoms with Crippen LogP contribution in [0.5, 0.6) is 0 Å². The predicted molar refractivity (Wildman–Crippen MR) is 86.7 cm³/mol. The highest BCUT2D eigenvalue weighted by Gasteiger charge is 2.26. The van der Waals surface area contributed by atoms with Crippen LogP contribution in [0.15, 0.2) is 18.2 Å². The Bertz CT molecular complexity index is 522. The van der Waals surface area contributed by atoms with E-state index in [0.717, 1.165) is 32.1 Å². The first kappa shape index (κ1) is 14.9. The Balaban J connectivity index is 1.57. The first-order chi connectivity index (χ1) is 10.1. The Hall–Kier alpha value is -1.04. The molecule has 2 N–H and O–H groups in total. The van der Waals surface area contributed by atoms with Crippen molar-refractivity contribution in [3.05, 3.63) is 35.1 Å². The average Bonchev–Trinajstić information content (AvgIpc) is 3.27. The molecule has 1 aromatic rings. The van der Waals surface area contributed by atoms with Crippen molar-refractivity contribution in [2.45, 2.75) is 19.4 Å². The van der Waals surface area contributed by atoms with Crippen molar-refractivity contribution in [1.82, 2.24) is 9.80 Å². The molecule has 0 radical (unpaired) electrons. The van der Waals surface area contributed by atoms with Crippen LogP contribution in [0.3, 0.4) is 0 Å². The van der Waals surface area contributed by atoms with Crippen molar-refractivity contribution in [1.29, 1.82) is 0 Å². The molecule has 1 aliphatic carbocycles. The SMILES string of the molecule is NC(=S)c1cccc(CN2CCN(CC3CC3)CC2)c1F. The summed E-state index contributed by atoms with van der Waals surface area (Å²) in [6, 6.07) is 5.30. The highest BCUT2D eigenvalue weighted by molar-refractivity contribution is 7.80. The molecular formula is C16H22FN3S. The molecule has 0 aromatic heterocycles. The summed E-state index contributed by atoms with van der Waals surface area (Å²) in [6.45, 7) is 6.08. The minimum atomic E-state index is -0.259. The second-order valence-electron chi connectivity index (χ2n) is 6.16. The molecule has 21 heavy (non-hydrogen) atoms. The molecule has 1 aromatic carbocycles. The molecule has 1 aliphatic heterocycles. The lowest BCUT2D eigenvalue weighted by Gasteiger charge is -2.34. The highest BCUT2D eigenvalue weighted by atomic mass is 32.1. The lowest BCUT2D eigenvalue weighted by atomic mass is 10.1. The van der Waals surface area contributed by atoms with Gasteiger partial charge in [0, 0.05) is 50.4 Å². The van der Waals surface area contributed by atoms with Crippen molar-refractivity contribution >= 4 is 17.2 Å². The lowest BCUT2D eigenvalue weighted by Crippen LogP contribution is -2.46. The van der Waals surface area contributed by atoms with Crippen molar-refractivity contribution in [2.24, 2.45) is 11.7 Å². The Labute approximate surface area is 130 Å². The number of benzene rings is 1. The first-order valence-corrected chi connectivity index (χ1v) is 8.06. The van der Waals surface area contributed by atoms with Crippen LogP contribution in [0.2, 0.25) is 0 Å². The zero-order valence-electron chi connectivity index (χ0n) is 12.2. The lowest BCUT2D eigenvalue weighted by molar-refractivity contribution is 0.122. The van der Waals surface area contributed by atoms with Gasteiger partial charge in [-0.15, -0.1) is 0 Å². The maximum atomic E-state index is 14.3. The summed E-state index contributed by atoms with van der Waals surface area (Å²) in [5.41, 5.74) is 6.61. The van der Waals surface area contributed by atoms with Gasteiger partial charge in [0.05, 0.1) is 0 Å². The maximum absolute atomic E-state index is 14.3. The number of thiocarbonyl (C=S) groups is 1. The van der Waals surface area contributed by atoms with E-state index in [9.17, 15) is 4.39 Å². The third kappa shape index (κ3) is 3.78. The molecule has 1 saturated carbocycles. The predicted octanol–water partition coefficient (Wildman–Crippen LogP) is 1.99. The molecule has 0 spiro atoms. The fourth-order valence-corrected chi connectivity index (χ4v) is 3.09. The summed E-state index contributed by atoms with van der Waals surface area (Å²) in [5, 5.41) is 0. The number of rotatable bonds is 5. The summed E-state index contributed by atoms with van der Waals surface area (Å²) >= 11 is 4.89. The topological polar surface area (TPSA) is 32.5 Å². The highest BCUT2D eigenvalue weighted by Crippen LogP contribution is 2.30. The number of hydrogen-bond donors (Lipinski definition) is 1. The van der Waals surface area contributed by atoms with Gasteiger partial charge in [0.1, 0.15) is 10.8 Å². The van der Waals surface area contributed by atoms with Crippen molar-refractivity contribution in [3.63, 3.8) is 0 Å². The maximum Gasteiger partial charge on any atom is 0.137 e. The molecule has 114 valence electrons. The molecular weight excluding hydrogens is 285 g/mol. The first-order valence-electron chi connectivity index (χ1n) is 7.65. The van der Waals surface area contributed by atoms with Gasteiger partial charge < -0.3 is 10.6 Å². The van der Waals surface area contributed by atoms with Gasteiger partial charge in [-0.3, -0.25) is 4.90 Å². The molecule has 2 fully saturated rings. The molecule has 0 unspecified atom stereocenters. The van der Waals surface area contributed by atoms with Crippen LogP contribution >= 0.6 is 12.2 Å². The number of piperazine rings is 1. The zero-order valence-corrected chi connectivity index (χ0v) is 13.0. The minimum Gasteiger partial charge on any atom is -0.389 e. The van der Waals surface area contributed by atoms with Crippen molar-refractivity contribution < 1.29 is 4.39 Å². The Morgan fingerprint density at radius 3 is 2.48 bits per heavy atom. The van der Waals surface area contributed by atoms with E-state index in [2.05, 4.69) is 9.80 Å². The van der Waals surface area contributed by atoms with E-state index in [1.54, 1.807) is 6.07 Å². The average molecular weight is 307 g/mol. The second kappa shape index (κ2) is 6.38. The molecule has 0 atom stereocenters. The van der Waals surface area contributed by atoms with Gasteiger partial charge >= 0.3 is 0 Å². The monoisotopic (exact) mass is 307 g/mol. The van der Waals surface area contributed by atoms with Crippen LogP contribution in [0.1, 0.15) is 24.0 Å². The van der Waals surface area contributed by atoms with Crippen LogP contribution in [0, 0.1) is 11.7 Å². The number of nitrogens with zero attached hydrogens (tertiary/aromatic N) is 2. The number of nitrogens with two attached hydrogens (primary N) is 1. The summed E-state index contributed by atoms with van der Waals surface area (Å²) in [5.74, 6) is 0.682. The normalized spacial score (nSPS) is 20.6. The number of halogens is 1. The van der Waals surface area contributed by atoms with Crippen molar-refractivity contribution in [3.8, 4) is 0 Å². The van der Waals surface area contributed by atoms with Gasteiger partial charge in [0.2, 0.25) is 0 Å². The molecule has 3 nitrogen and oxygen atoms in total. The van der Waals surface area contributed by atoms with Gasteiger partial charge in [-0.1, -0.05) is 24.4 Å². The fraction of sp³-hybridized carbons (Fsp3) is 0.562. The van der Waals surface area contributed by atoms with Gasteiger partial charge in [-0.2, -0.15) is 0 Å². The minimum absolute atomic E-state index is 0.128. The van der Waals surface area contributed by atoms with Crippen LogP contribution in [-0.4, -0.2) is 47.5 Å². The van der Waals surface area contributed by atoms with E-state index in [-0.39, 0.29) is 10.8 Å². The quantitative estimate of drug-likeness (QED) is 0.843. The van der Waals surface area contributed by atoms with Crippen LogP contribution < -0.4 is 5.73 Å². The molecule has 2 aliphatic rings.